The summed E-state index contributed by atoms with van der Waals surface area (Å²) in [6.45, 7) is 2.07. The molecule has 1 amide bonds. The van der Waals surface area contributed by atoms with Crippen molar-refractivity contribution >= 4 is 5.91 Å². The van der Waals surface area contributed by atoms with Crippen molar-refractivity contribution < 1.29 is 9.53 Å². The van der Waals surface area contributed by atoms with Crippen molar-refractivity contribution in [2.45, 2.75) is 38.3 Å². The number of hydrogen-bond donors (Lipinski definition) is 2. The highest BCUT2D eigenvalue weighted by atomic mass is 16.5. The molecule has 1 aliphatic carbocycles. The summed E-state index contributed by atoms with van der Waals surface area (Å²) in [5.74, 6) is 1.28. The van der Waals surface area contributed by atoms with E-state index in [4.69, 9.17) is 10.5 Å². The molecule has 1 fully saturated rings. The Morgan fingerprint density at radius 1 is 1.39 bits per heavy atom. The van der Waals surface area contributed by atoms with Crippen molar-refractivity contribution in [3.8, 4) is 5.75 Å². The average Bonchev–Trinajstić information content (AvgIpc) is 2.90. The van der Waals surface area contributed by atoms with E-state index in [1.807, 2.05) is 38.4 Å². The number of likely N-dealkylation sites (N-methyl/N-ethyl adjacent to an activating group) is 1. The zero-order valence-electron chi connectivity index (χ0n) is 14.3. The molecular formula is C18H29N3O2. The molecule has 2 atom stereocenters. The second-order valence-corrected chi connectivity index (χ2v) is 6.63. The molecule has 0 unspecified atom stereocenters. The van der Waals surface area contributed by atoms with Crippen LogP contribution in [0.1, 0.15) is 31.2 Å². The molecule has 0 aliphatic heterocycles. The van der Waals surface area contributed by atoms with E-state index in [1.54, 1.807) is 0 Å². The third-order valence-corrected chi connectivity index (χ3v) is 4.36. The molecule has 5 heteroatoms. The summed E-state index contributed by atoms with van der Waals surface area (Å²) < 4.78 is 5.72. The molecule has 1 aromatic carbocycles. The van der Waals surface area contributed by atoms with Crippen LogP contribution in [0.15, 0.2) is 24.3 Å². The second-order valence-electron chi connectivity index (χ2n) is 6.63. The van der Waals surface area contributed by atoms with Crippen molar-refractivity contribution in [3.05, 3.63) is 29.8 Å². The van der Waals surface area contributed by atoms with Gasteiger partial charge in [0.2, 0.25) is 5.91 Å². The SMILES string of the molecule is CN(C)CCOc1cccc(CNC(=O)C[C@@H]2CCC[C@H]2N)c1. The fraction of sp³-hybridized carbons (Fsp3) is 0.611. The van der Waals surface area contributed by atoms with E-state index >= 15 is 0 Å². The van der Waals surface area contributed by atoms with Gasteiger partial charge in [0.05, 0.1) is 0 Å². The van der Waals surface area contributed by atoms with E-state index in [0.29, 0.717) is 25.5 Å². The van der Waals surface area contributed by atoms with Crippen molar-refractivity contribution in [1.82, 2.24) is 10.2 Å². The first-order chi connectivity index (χ1) is 11.0. The molecule has 1 aliphatic rings. The molecule has 1 saturated carbocycles. The lowest BCUT2D eigenvalue weighted by Gasteiger charge is -2.15. The largest absolute Gasteiger partial charge is 0.492 e. The Kier molecular flexibility index (Phi) is 6.86. The molecular weight excluding hydrogens is 290 g/mol. The number of nitrogens with zero attached hydrogens (tertiary/aromatic N) is 1. The third kappa shape index (κ3) is 6.20. The van der Waals surface area contributed by atoms with E-state index in [9.17, 15) is 4.79 Å². The van der Waals surface area contributed by atoms with Crippen LogP contribution >= 0.6 is 0 Å². The maximum Gasteiger partial charge on any atom is 0.220 e. The summed E-state index contributed by atoms with van der Waals surface area (Å²) in [6.07, 6.45) is 3.81. The fourth-order valence-electron chi connectivity index (χ4n) is 2.92. The highest BCUT2D eigenvalue weighted by Gasteiger charge is 2.25. The lowest BCUT2D eigenvalue weighted by molar-refractivity contribution is -0.122. The van der Waals surface area contributed by atoms with Crippen molar-refractivity contribution in [2.75, 3.05) is 27.2 Å². The van der Waals surface area contributed by atoms with Crippen LogP contribution in [0, 0.1) is 5.92 Å². The number of benzene rings is 1. The van der Waals surface area contributed by atoms with Gasteiger partial charge >= 0.3 is 0 Å². The van der Waals surface area contributed by atoms with Gasteiger partial charge in [-0.05, 0) is 50.6 Å². The Bertz CT molecular complexity index is 505. The highest BCUT2D eigenvalue weighted by molar-refractivity contribution is 5.76. The van der Waals surface area contributed by atoms with Crippen LogP contribution < -0.4 is 15.8 Å². The summed E-state index contributed by atoms with van der Waals surface area (Å²) in [5, 5.41) is 2.99. The molecule has 0 radical (unpaired) electrons. The molecule has 128 valence electrons. The Morgan fingerprint density at radius 3 is 2.91 bits per heavy atom. The van der Waals surface area contributed by atoms with Gasteiger partial charge in [-0.2, -0.15) is 0 Å². The lowest BCUT2D eigenvalue weighted by atomic mass is 10.00. The van der Waals surface area contributed by atoms with E-state index in [0.717, 1.165) is 37.1 Å². The first-order valence-corrected chi connectivity index (χ1v) is 8.43. The average molecular weight is 319 g/mol. The van der Waals surface area contributed by atoms with E-state index in [2.05, 4.69) is 10.2 Å². The van der Waals surface area contributed by atoms with Crippen molar-refractivity contribution in [2.24, 2.45) is 11.7 Å². The minimum absolute atomic E-state index is 0.0891. The molecule has 0 saturated heterocycles. The molecule has 2 rings (SSSR count). The van der Waals surface area contributed by atoms with Gasteiger partial charge < -0.3 is 20.7 Å². The normalized spacial score (nSPS) is 20.7. The molecule has 3 N–H and O–H groups in total. The van der Waals surface area contributed by atoms with Crippen LogP contribution in [0.4, 0.5) is 0 Å². The number of nitrogens with one attached hydrogen (secondary N) is 1. The minimum Gasteiger partial charge on any atom is -0.492 e. The smallest absolute Gasteiger partial charge is 0.220 e. The van der Waals surface area contributed by atoms with Gasteiger partial charge in [0.25, 0.3) is 0 Å². The number of amides is 1. The predicted octanol–water partition coefficient (Wildman–Crippen LogP) is 1.76. The maximum absolute atomic E-state index is 12.0. The highest BCUT2D eigenvalue weighted by Crippen LogP contribution is 2.26. The van der Waals surface area contributed by atoms with Crippen LogP contribution in [0.25, 0.3) is 0 Å². The summed E-state index contributed by atoms with van der Waals surface area (Å²) in [5.41, 5.74) is 7.07. The Morgan fingerprint density at radius 2 is 2.22 bits per heavy atom. The van der Waals surface area contributed by atoms with E-state index < -0.39 is 0 Å². The number of hydrogen-bond acceptors (Lipinski definition) is 4. The molecule has 23 heavy (non-hydrogen) atoms. The van der Waals surface area contributed by atoms with Crippen LogP contribution in [-0.2, 0) is 11.3 Å². The number of carbonyl (C=O) groups is 1. The van der Waals surface area contributed by atoms with Gasteiger partial charge in [-0.15, -0.1) is 0 Å². The summed E-state index contributed by atoms with van der Waals surface area (Å²) in [7, 11) is 4.04. The van der Waals surface area contributed by atoms with Crippen LogP contribution in [-0.4, -0.2) is 44.1 Å². The van der Waals surface area contributed by atoms with Gasteiger partial charge in [-0.3, -0.25) is 4.79 Å². The third-order valence-electron chi connectivity index (χ3n) is 4.36. The number of ether oxygens (including phenoxy) is 1. The number of carbonyl (C=O) groups excluding carboxylic acids is 1. The number of nitrogens with two attached hydrogens (primary N) is 1. The summed E-state index contributed by atoms with van der Waals surface area (Å²) in [6, 6.07) is 8.07. The molecule has 5 nitrogen and oxygen atoms in total. The molecule has 0 aromatic heterocycles. The summed E-state index contributed by atoms with van der Waals surface area (Å²) >= 11 is 0. The predicted molar refractivity (Wildman–Crippen MR) is 92.3 cm³/mol. The quantitative estimate of drug-likeness (QED) is 0.766. The minimum atomic E-state index is 0.0891. The van der Waals surface area contributed by atoms with Gasteiger partial charge in [0.15, 0.2) is 0 Å². The van der Waals surface area contributed by atoms with Gasteiger partial charge in [0, 0.05) is 25.6 Å². The zero-order chi connectivity index (χ0) is 16.7. The first-order valence-electron chi connectivity index (χ1n) is 8.43. The topological polar surface area (TPSA) is 67.6 Å². The van der Waals surface area contributed by atoms with E-state index in [-0.39, 0.29) is 11.9 Å². The monoisotopic (exact) mass is 319 g/mol. The van der Waals surface area contributed by atoms with Crippen LogP contribution in [0.3, 0.4) is 0 Å². The molecule has 1 aromatic rings. The molecule has 0 heterocycles. The maximum atomic E-state index is 12.0. The van der Waals surface area contributed by atoms with Crippen molar-refractivity contribution in [3.63, 3.8) is 0 Å². The van der Waals surface area contributed by atoms with Gasteiger partial charge in [-0.1, -0.05) is 18.6 Å². The van der Waals surface area contributed by atoms with Crippen LogP contribution in [0.5, 0.6) is 5.75 Å². The summed E-state index contributed by atoms with van der Waals surface area (Å²) in [4.78, 5) is 14.1. The molecule has 0 spiro atoms. The van der Waals surface area contributed by atoms with Gasteiger partial charge in [0.1, 0.15) is 12.4 Å². The Hall–Kier alpha value is -1.59. The van der Waals surface area contributed by atoms with Crippen molar-refractivity contribution in [1.29, 1.82) is 0 Å². The zero-order valence-corrected chi connectivity index (χ0v) is 14.3. The molecule has 0 bridgehead atoms. The fourth-order valence-corrected chi connectivity index (χ4v) is 2.92. The lowest BCUT2D eigenvalue weighted by Crippen LogP contribution is -2.31. The number of rotatable bonds is 8. The van der Waals surface area contributed by atoms with E-state index in [1.165, 1.54) is 0 Å². The first kappa shape index (κ1) is 17.8. The second kappa shape index (κ2) is 8.89. The van der Waals surface area contributed by atoms with Gasteiger partial charge in [-0.25, -0.2) is 0 Å². The van der Waals surface area contributed by atoms with Crippen LogP contribution in [0.2, 0.25) is 0 Å². The Labute approximate surface area is 139 Å². The standard InChI is InChI=1S/C18H29N3O2/c1-21(2)9-10-23-16-7-3-5-14(11-16)13-20-18(22)12-15-6-4-8-17(15)19/h3,5,7,11,15,17H,4,6,8-10,12-13,19H2,1-2H3,(H,20,22)/t15-,17+/m0/s1. The Balaban J connectivity index is 1.75.